The summed E-state index contributed by atoms with van der Waals surface area (Å²) in [6, 6.07) is 8.17. The van der Waals surface area contributed by atoms with E-state index in [1.807, 2.05) is 25.1 Å². The molecule has 0 N–H and O–H groups in total. The molecule has 0 spiro atoms. The van der Waals surface area contributed by atoms with Crippen molar-refractivity contribution in [2.75, 3.05) is 7.11 Å². The monoisotopic (exact) mass is 204 g/mol. The highest BCUT2D eigenvalue weighted by molar-refractivity contribution is 5.83. The number of rotatable bonds is 1. The number of fused-ring (bicyclic) bond motifs is 1. The van der Waals surface area contributed by atoms with Crippen LogP contribution in [0.2, 0.25) is 0 Å². The zero-order chi connectivity index (χ0) is 10.9. The fourth-order valence-corrected chi connectivity index (χ4v) is 2.48. The molecule has 2 nitrogen and oxygen atoms in total. The highest BCUT2D eigenvalue weighted by Gasteiger charge is 2.39. The third-order valence-corrected chi connectivity index (χ3v) is 3.37. The van der Waals surface area contributed by atoms with Gasteiger partial charge in [-0.2, -0.15) is 0 Å². The first kappa shape index (κ1) is 10.2. The number of ether oxygens (including phenoxy) is 1. The minimum Gasteiger partial charge on any atom is -0.468 e. The van der Waals surface area contributed by atoms with E-state index in [4.69, 9.17) is 4.74 Å². The van der Waals surface area contributed by atoms with Crippen molar-refractivity contribution in [1.29, 1.82) is 0 Å². The topological polar surface area (TPSA) is 26.3 Å². The summed E-state index contributed by atoms with van der Waals surface area (Å²) < 4.78 is 4.91. The Morgan fingerprint density at radius 1 is 1.40 bits per heavy atom. The summed E-state index contributed by atoms with van der Waals surface area (Å²) in [5.41, 5.74) is 1.99. The van der Waals surface area contributed by atoms with E-state index in [-0.39, 0.29) is 5.97 Å². The Balaban J connectivity index is 2.49. The van der Waals surface area contributed by atoms with Crippen LogP contribution in [-0.4, -0.2) is 13.1 Å². The molecule has 1 aliphatic carbocycles. The molecule has 0 unspecified atom stereocenters. The predicted molar refractivity (Wildman–Crippen MR) is 58.7 cm³/mol. The number of aryl methyl sites for hydroxylation is 1. The second-order valence-corrected chi connectivity index (χ2v) is 4.33. The first-order valence-corrected chi connectivity index (χ1v) is 5.35. The van der Waals surface area contributed by atoms with E-state index in [2.05, 4.69) is 6.07 Å². The van der Waals surface area contributed by atoms with E-state index in [0.29, 0.717) is 0 Å². The molecular weight excluding hydrogens is 188 g/mol. The van der Waals surface area contributed by atoms with Gasteiger partial charge in [0.2, 0.25) is 0 Å². The van der Waals surface area contributed by atoms with E-state index in [9.17, 15) is 4.79 Å². The third-order valence-electron chi connectivity index (χ3n) is 3.37. The molecule has 2 rings (SSSR count). The van der Waals surface area contributed by atoms with Crippen LogP contribution in [0.25, 0.3) is 0 Å². The van der Waals surface area contributed by atoms with Gasteiger partial charge in [0, 0.05) is 0 Å². The third kappa shape index (κ3) is 1.54. The zero-order valence-electron chi connectivity index (χ0n) is 9.25. The van der Waals surface area contributed by atoms with Crippen LogP contribution in [-0.2, 0) is 21.4 Å². The van der Waals surface area contributed by atoms with Gasteiger partial charge in [0.15, 0.2) is 0 Å². The number of carbonyl (C=O) groups is 1. The first-order valence-electron chi connectivity index (χ1n) is 5.35. The average Bonchev–Trinajstić information content (AvgIpc) is 2.28. The number of methoxy groups -OCH3 is 1. The maximum Gasteiger partial charge on any atom is 0.316 e. The number of esters is 1. The molecule has 0 fully saturated rings. The first-order chi connectivity index (χ1) is 7.18. The summed E-state index contributed by atoms with van der Waals surface area (Å²) in [5.74, 6) is -0.116. The fourth-order valence-electron chi connectivity index (χ4n) is 2.48. The highest BCUT2D eigenvalue weighted by atomic mass is 16.5. The second-order valence-electron chi connectivity index (χ2n) is 4.33. The smallest absolute Gasteiger partial charge is 0.316 e. The average molecular weight is 204 g/mol. The summed E-state index contributed by atoms with van der Waals surface area (Å²) in [4.78, 5) is 11.8. The van der Waals surface area contributed by atoms with Gasteiger partial charge in [-0.05, 0) is 37.3 Å². The molecule has 0 aromatic heterocycles. The van der Waals surface area contributed by atoms with Crippen LogP contribution >= 0.6 is 0 Å². The summed E-state index contributed by atoms with van der Waals surface area (Å²) in [6.45, 7) is 1.98. The van der Waals surface area contributed by atoms with E-state index in [1.54, 1.807) is 0 Å². The molecule has 15 heavy (non-hydrogen) atoms. The Morgan fingerprint density at radius 3 is 2.87 bits per heavy atom. The predicted octanol–water partition coefficient (Wildman–Crippen LogP) is 2.45. The van der Waals surface area contributed by atoms with Crippen molar-refractivity contribution < 1.29 is 9.53 Å². The van der Waals surface area contributed by atoms with Gasteiger partial charge in [-0.1, -0.05) is 24.3 Å². The Hall–Kier alpha value is -1.31. The van der Waals surface area contributed by atoms with Crippen molar-refractivity contribution in [1.82, 2.24) is 0 Å². The molecule has 0 heterocycles. The standard InChI is InChI=1S/C13H16O2/c1-13(12(14)15-2)9-5-7-10-6-3-4-8-11(10)13/h3-4,6,8H,5,7,9H2,1-2H3/t13-/m1/s1. The molecule has 1 aliphatic rings. The van der Waals surface area contributed by atoms with Crippen molar-refractivity contribution in [2.45, 2.75) is 31.6 Å². The maximum atomic E-state index is 11.8. The summed E-state index contributed by atoms with van der Waals surface area (Å²) in [7, 11) is 1.46. The second kappa shape index (κ2) is 3.69. The molecule has 0 radical (unpaired) electrons. The van der Waals surface area contributed by atoms with Gasteiger partial charge in [0.1, 0.15) is 0 Å². The van der Waals surface area contributed by atoms with Crippen LogP contribution in [0.3, 0.4) is 0 Å². The summed E-state index contributed by atoms with van der Waals surface area (Å²) >= 11 is 0. The van der Waals surface area contributed by atoms with Crippen LogP contribution < -0.4 is 0 Å². The van der Waals surface area contributed by atoms with Gasteiger partial charge >= 0.3 is 5.97 Å². The van der Waals surface area contributed by atoms with Crippen LogP contribution in [0.4, 0.5) is 0 Å². The molecule has 80 valence electrons. The van der Waals surface area contributed by atoms with Crippen LogP contribution in [0.15, 0.2) is 24.3 Å². The van der Waals surface area contributed by atoms with Gasteiger partial charge in [-0.15, -0.1) is 0 Å². The van der Waals surface area contributed by atoms with E-state index in [1.165, 1.54) is 12.7 Å². The Kier molecular flexibility index (Phi) is 2.51. The lowest BCUT2D eigenvalue weighted by Crippen LogP contribution is -2.37. The van der Waals surface area contributed by atoms with Gasteiger partial charge in [0.05, 0.1) is 12.5 Å². The van der Waals surface area contributed by atoms with Crippen LogP contribution in [0, 0.1) is 0 Å². The van der Waals surface area contributed by atoms with E-state index in [0.717, 1.165) is 24.8 Å². The SMILES string of the molecule is COC(=O)[C@]1(C)CCCc2ccccc21. The maximum absolute atomic E-state index is 11.8. The van der Waals surface area contributed by atoms with Gasteiger partial charge in [-0.25, -0.2) is 0 Å². The number of hydrogen-bond donors (Lipinski definition) is 0. The van der Waals surface area contributed by atoms with Gasteiger partial charge in [0.25, 0.3) is 0 Å². The number of benzene rings is 1. The van der Waals surface area contributed by atoms with Crippen molar-refractivity contribution in [3.8, 4) is 0 Å². The molecule has 1 aromatic rings. The van der Waals surface area contributed by atoms with Crippen LogP contribution in [0.5, 0.6) is 0 Å². The van der Waals surface area contributed by atoms with E-state index >= 15 is 0 Å². The van der Waals surface area contributed by atoms with Crippen molar-refractivity contribution in [3.05, 3.63) is 35.4 Å². The van der Waals surface area contributed by atoms with E-state index < -0.39 is 5.41 Å². The summed E-state index contributed by atoms with van der Waals surface area (Å²) in [6.07, 6.45) is 3.02. The largest absolute Gasteiger partial charge is 0.468 e. The number of hydrogen-bond acceptors (Lipinski definition) is 2. The molecule has 1 atom stereocenters. The zero-order valence-corrected chi connectivity index (χ0v) is 9.25. The normalized spacial score (nSPS) is 24.4. The lowest BCUT2D eigenvalue weighted by atomic mass is 9.71. The number of carbonyl (C=O) groups excluding carboxylic acids is 1. The van der Waals surface area contributed by atoms with Crippen molar-refractivity contribution in [3.63, 3.8) is 0 Å². The fraction of sp³-hybridized carbons (Fsp3) is 0.462. The molecule has 0 aliphatic heterocycles. The Bertz CT molecular complexity index is 384. The lowest BCUT2D eigenvalue weighted by molar-refractivity contribution is -0.147. The quantitative estimate of drug-likeness (QED) is 0.657. The minimum absolute atomic E-state index is 0.116. The molecule has 0 amide bonds. The Labute approximate surface area is 90.3 Å². The summed E-state index contributed by atoms with van der Waals surface area (Å²) in [5, 5.41) is 0. The Morgan fingerprint density at radius 2 is 2.13 bits per heavy atom. The lowest BCUT2D eigenvalue weighted by Gasteiger charge is -2.33. The molecule has 0 saturated carbocycles. The molecule has 1 aromatic carbocycles. The van der Waals surface area contributed by atoms with Crippen molar-refractivity contribution in [2.24, 2.45) is 0 Å². The van der Waals surface area contributed by atoms with Crippen LogP contribution in [0.1, 0.15) is 30.9 Å². The molecular formula is C13H16O2. The molecule has 0 saturated heterocycles. The highest BCUT2D eigenvalue weighted by Crippen LogP contribution is 2.37. The molecule has 0 bridgehead atoms. The minimum atomic E-state index is -0.441. The van der Waals surface area contributed by atoms with Gasteiger partial charge in [-0.3, -0.25) is 4.79 Å². The van der Waals surface area contributed by atoms with Gasteiger partial charge < -0.3 is 4.74 Å². The van der Waals surface area contributed by atoms with Crippen molar-refractivity contribution >= 4 is 5.97 Å². The molecule has 2 heteroatoms.